The standard InChI is InChI=1S/C20H26BrN5O/c1-3-27-19-12-15(8-10-23-19)13-24-20(22-2)25-16-9-11-26(14-16)18-7-5-4-6-17(18)21/h4-8,10,12,16H,3,9,11,13-14H2,1-2H3,(H2,22,24,25). The molecule has 1 saturated heterocycles. The Hall–Kier alpha value is -2.28. The Morgan fingerprint density at radius 2 is 2.22 bits per heavy atom. The Bertz CT molecular complexity index is 782. The van der Waals surface area contributed by atoms with Crippen LogP contribution >= 0.6 is 15.9 Å². The molecule has 1 fully saturated rings. The number of pyridine rings is 1. The van der Waals surface area contributed by atoms with Gasteiger partial charge < -0.3 is 20.3 Å². The molecule has 2 N–H and O–H groups in total. The van der Waals surface area contributed by atoms with Crippen LogP contribution in [-0.4, -0.2) is 43.7 Å². The minimum atomic E-state index is 0.361. The van der Waals surface area contributed by atoms with Gasteiger partial charge in [0.15, 0.2) is 5.96 Å². The van der Waals surface area contributed by atoms with Gasteiger partial charge in [-0.05, 0) is 53.0 Å². The van der Waals surface area contributed by atoms with Crippen molar-refractivity contribution in [2.24, 2.45) is 4.99 Å². The first kappa shape index (κ1) is 19.5. The van der Waals surface area contributed by atoms with Crippen LogP contribution in [0.1, 0.15) is 18.9 Å². The number of aromatic nitrogens is 1. The van der Waals surface area contributed by atoms with Crippen molar-refractivity contribution >= 4 is 27.6 Å². The Morgan fingerprint density at radius 3 is 3.00 bits per heavy atom. The van der Waals surface area contributed by atoms with E-state index in [4.69, 9.17) is 4.74 Å². The molecule has 6 nitrogen and oxygen atoms in total. The topological polar surface area (TPSA) is 61.8 Å². The number of nitrogens with zero attached hydrogens (tertiary/aromatic N) is 3. The smallest absolute Gasteiger partial charge is 0.213 e. The van der Waals surface area contributed by atoms with Crippen molar-refractivity contribution in [1.29, 1.82) is 0 Å². The van der Waals surface area contributed by atoms with Crippen LogP contribution in [-0.2, 0) is 6.54 Å². The Kier molecular flexibility index (Phi) is 6.92. The molecule has 0 saturated carbocycles. The average molecular weight is 432 g/mol. The fourth-order valence-corrected chi connectivity index (χ4v) is 3.70. The number of halogens is 1. The monoisotopic (exact) mass is 431 g/mol. The number of nitrogens with one attached hydrogen (secondary N) is 2. The van der Waals surface area contributed by atoms with E-state index in [9.17, 15) is 0 Å². The number of hydrogen-bond donors (Lipinski definition) is 2. The van der Waals surface area contributed by atoms with Gasteiger partial charge in [0.1, 0.15) is 0 Å². The van der Waals surface area contributed by atoms with Gasteiger partial charge in [0.25, 0.3) is 0 Å². The molecular weight excluding hydrogens is 406 g/mol. The summed E-state index contributed by atoms with van der Waals surface area (Å²) in [6.45, 7) is 5.22. The summed E-state index contributed by atoms with van der Waals surface area (Å²) in [5.74, 6) is 1.46. The average Bonchev–Trinajstić information content (AvgIpc) is 3.14. The van der Waals surface area contributed by atoms with E-state index in [1.807, 2.05) is 25.1 Å². The largest absolute Gasteiger partial charge is 0.478 e. The predicted octanol–water partition coefficient (Wildman–Crippen LogP) is 3.19. The van der Waals surface area contributed by atoms with E-state index in [0.717, 1.165) is 35.5 Å². The number of aliphatic imine (C=N–C) groups is 1. The van der Waals surface area contributed by atoms with E-state index in [2.05, 4.69) is 59.6 Å². The second kappa shape index (κ2) is 9.60. The molecule has 2 heterocycles. The Labute approximate surface area is 169 Å². The van der Waals surface area contributed by atoms with Crippen molar-refractivity contribution in [3.63, 3.8) is 0 Å². The lowest BCUT2D eigenvalue weighted by molar-refractivity contribution is 0.326. The highest BCUT2D eigenvalue weighted by Crippen LogP contribution is 2.28. The van der Waals surface area contributed by atoms with Crippen LogP contribution in [0.25, 0.3) is 0 Å². The van der Waals surface area contributed by atoms with Crippen LogP contribution in [0.5, 0.6) is 5.88 Å². The molecule has 27 heavy (non-hydrogen) atoms. The first-order valence-electron chi connectivity index (χ1n) is 9.24. The SMILES string of the molecule is CCOc1cc(CNC(=NC)NC2CCN(c3ccccc3Br)C2)ccn1. The lowest BCUT2D eigenvalue weighted by atomic mass is 10.2. The molecule has 0 aliphatic carbocycles. The van der Waals surface area contributed by atoms with Crippen LogP contribution in [0.3, 0.4) is 0 Å². The minimum absolute atomic E-state index is 0.361. The van der Waals surface area contributed by atoms with Crippen LogP contribution in [0.15, 0.2) is 52.1 Å². The number of rotatable bonds is 6. The molecular formula is C20H26BrN5O. The molecule has 1 aromatic heterocycles. The molecule has 1 atom stereocenters. The van der Waals surface area contributed by atoms with Gasteiger partial charge in [-0.1, -0.05) is 12.1 Å². The molecule has 1 aromatic carbocycles. The molecule has 2 aromatic rings. The van der Waals surface area contributed by atoms with Gasteiger partial charge in [0.05, 0.1) is 12.3 Å². The number of anilines is 1. The third kappa shape index (κ3) is 5.35. The molecule has 0 spiro atoms. The van der Waals surface area contributed by atoms with E-state index in [-0.39, 0.29) is 0 Å². The summed E-state index contributed by atoms with van der Waals surface area (Å²) in [6.07, 6.45) is 2.84. The van der Waals surface area contributed by atoms with Gasteiger partial charge in [-0.15, -0.1) is 0 Å². The zero-order chi connectivity index (χ0) is 19.1. The van der Waals surface area contributed by atoms with E-state index < -0.39 is 0 Å². The lowest BCUT2D eigenvalue weighted by Gasteiger charge is -2.21. The molecule has 1 aliphatic heterocycles. The fourth-order valence-electron chi connectivity index (χ4n) is 3.17. The maximum Gasteiger partial charge on any atom is 0.213 e. The van der Waals surface area contributed by atoms with E-state index in [1.54, 1.807) is 13.2 Å². The summed E-state index contributed by atoms with van der Waals surface area (Å²) in [4.78, 5) is 11.0. The van der Waals surface area contributed by atoms with Gasteiger partial charge in [-0.25, -0.2) is 4.98 Å². The molecule has 0 radical (unpaired) electrons. The summed E-state index contributed by atoms with van der Waals surface area (Å²) in [5.41, 5.74) is 2.35. The van der Waals surface area contributed by atoms with E-state index >= 15 is 0 Å². The van der Waals surface area contributed by atoms with Crippen LogP contribution in [0.2, 0.25) is 0 Å². The number of hydrogen-bond acceptors (Lipinski definition) is 4. The third-order valence-corrected chi connectivity index (χ3v) is 5.17. The molecule has 3 rings (SSSR count). The first-order valence-corrected chi connectivity index (χ1v) is 10.0. The van der Waals surface area contributed by atoms with Crippen molar-refractivity contribution in [3.8, 4) is 5.88 Å². The van der Waals surface area contributed by atoms with Crippen molar-refractivity contribution in [2.75, 3.05) is 31.6 Å². The zero-order valence-electron chi connectivity index (χ0n) is 15.8. The molecule has 0 bridgehead atoms. The maximum atomic E-state index is 5.46. The highest BCUT2D eigenvalue weighted by Gasteiger charge is 2.24. The summed E-state index contributed by atoms with van der Waals surface area (Å²) >= 11 is 3.64. The van der Waals surface area contributed by atoms with Crippen molar-refractivity contribution in [3.05, 3.63) is 52.6 Å². The highest BCUT2D eigenvalue weighted by molar-refractivity contribution is 9.10. The van der Waals surface area contributed by atoms with E-state index in [1.165, 1.54) is 5.69 Å². The summed E-state index contributed by atoms with van der Waals surface area (Å²) < 4.78 is 6.59. The maximum absolute atomic E-state index is 5.46. The van der Waals surface area contributed by atoms with E-state index in [0.29, 0.717) is 25.1 Å². The second-order valence-electron chi connectivity index (χ2n) is 6.39. The summed E-state index contributed by atoms with van der Waals surface area (Å²) in [6, 6.07) is 12.6. The Morgan fingerprint density at radius 1 is 1.37 bits per heavy atom. The number of para-hydroxylation sites is 1. The van der Waals surface area contributed by atoms with Crippen molar-refractivity contribution in [2.45, 2.75) is 25.9 Å². The van der Waals surface area contributed by atoms with Gasteiger partial charge in [0, 0.05) is 49.5 Å². The van der Waals surface area contributed by atoms with Gasteiger partial charge in [0.2, 0.25) is 5.88 Å². The lowest BCUT2D eigenvalue weighted by Crippen LogP contribution is -2.44. The third-order valence-electron chi connectivity index (χ3n) is 4.50. The van der Waals surface area contributed by atoms with Gasteiger partial charge >= 0.3 is 0 Å². The zero-order valence-corrected chi connectivity index (χ0v) is 17.4. The molecule has 0 amide bonds. The Balaban J connectivity index is 1.52. The summed E-state index contributed by atoms with van der Waals surface area (Å²) in [5, 5.41) is 6.91. The number of benzene rings is 1. The van der Waals surface area contributed by atoms with Crippen LogP contribution in [0.4, 0.5) is 5.69 Å². The molecule has 1 aliphatic rings. The quantitative estimate of drug-likeness (QED) is 0.543. The van der Waals surface area contributed by atoms with Gasteiger partial charge in [-0.2, -0.15) is 0 Å². The predicted molar refractivity (Wildman–Crippen MR) is 114 cm³/mol. The minimum Gasteiger partial charge on any atom is -0.478 e. The van der Waals surface area contributed by atoms with Crippen LogP contribution in [0, 0.1) is 0 Å². The van der Waals surface area contributed by atoms with Crippen LogP contribution < -0.4 is 20.3 Å². The molecule has 1 unspecified atom stereocenters. The number of guanidine groups is 1. The fraction of sp³-hybridized carbons (Fsp3) is 0.400. The molecule has 7 heteroatoms. The second-order valence-corrected chi connectivity index (χ2v) is 7.24. The highest BCUT2D eigenvalue weighted by atomic mass is 79.9. The van der Waals surface area contributed by atoms with Crippen molar-refractivity contribution in [1.82, 2.24) is 15.6 Å². The molecule has 144 valence electrons. The summed E-state index contributed by atoms with van der Waals surface area (Å²) in [7, 11) is 1.80. The normalized spacial score (nSPS) is 17.1. The van der Waals surface area contributed by atoms with Gasteiger partial charge in [-0.3, -0.25) is 4.99 Å². The first-order chi connectivity index (χ1) is 13.2. The van der Waals surface area contributed by atoms with Crippen molar-refractivity contribution < 1.29 is 4.74 Å². The number of ether oxygens (including phenoxy) is 1.